The van der Waals surface area contributed by atoms with Crippen LogP contribution in [-0.2, 0) is 6.42 Å². The number of hydrogen-bond acceptors (Lipinski definition) is 1. The van der Waals surface area contributed by atoms with Crippen molar-refractivity contribution in [2.75, 3.05) is 13.6 Å². The minimum atomic E-state index is 0.668. The second-order valence-electron chi connectivity index (χ2n) is 6.37. The topological polar surface area (TPSA) is 19.0 Å². The van der Waals surface area contributed by atoms with Crippen molar-refractivity contribution in [3.8, 4) is 11.3 Å². The average molecular weight is 290 g/mol. The molecule has 1 atom stereocenters. The van der Waals surface area contributed by atoms with Gasteiger partial charge in [0.15, 0.2) is 0 Å². The van der Waals surface area contributed by atoms with E-state index in [1.165, 1.54) is 47.1 Å². The number of rotatable bonds is 3. The van der Waals surface area contributed by atoms with E-state index in [0.717, 1.165) is 6.42 Å². The van der Waals surface area contributed by atoms with Crippen molar-refractivity contribution in [3.63, 3.8) is 0 Å². The van der Waals surface area contributed by atoms with Gasteiger partial charge in [0, 0.05) is 22.6 Å². The van der Waals surface area contributed by atoms with Crippen LogP contribution >= 0.6 is 0 Å². The number of H-pyrrole nitrogens is 1. The maximum Gasteiger partial charge on any atom is 0.0497 e. The van der Waals surface area contributed by atoms with Crippen LogP contribution in [0, 0.1) is 0 Å². The smallest absolute Gasteiger partial charge is 0.0497 e. The van der Waals surface area contributed by atoms with Gasteiger partial charge in [-0.05, 0) is 50.0 Å². The van der Waals surface area contributed by atoms with E-state index in [2.05, 4.69) is 71.5 Å². The summed E-state index contributed by atoms with van der Waals surface area (Å²) in [5.41, 5.74) is 5.30. The lowest BCUT2D eigenvalue weighted by atomic mass is 9.98. The van der Waals surface area contributed by atoms with Gasteiger partial charge in [0.25, 0.3) is 0 Å². The predicted molar refractivity (Wildman–Crippen MR) is 93.1 cm³/mol. The average Bonchev–Trinajstić information content (AvgIpc) is 3.13. The zero-order chi connectivity index (χ0) is 14.9. The molecule has 1 fully saturated rings. The second-order valence-corrected chi connectivity index (χ2v) is 6.37. The van der Waals surface area contributed by atoms with Gasteiger partial charge in [0.05, 0.1) is 0 Å². The monoisotopic (exact) mass is 290 g/mol. The van der Waals surface area contributed by atoms with Gasteiger partial charge in [-0.2, -0.15) is 0 Å². The molecule has 4 rings (SSSR count). The van der Waals surface area contributed by atoms with Crippen molar-refractivity contribution < 1.29 is 0 Å². The first-order valence-electron chi connectivity index (χ1n) is 8.18. The molecular weight excluding hydrogens is 268 g/mol. The van der Waals surface area contributed by atoms with Gasteiger partial charge in [-0.1, -0.05) is 48.5 Å². The highest BCUT2D eigenvalue weighted by Gasteiger charge is 2.24. The van der Waals surface area contributed by atoms with Crippen LogP contribution in [-0.4, -0.2) is 29.5 Å². The van der Waals surface area contributed by atoms with E-state index >= 15 is 0 Å². The highest BCUT2D eigenvalue weighted by Crippen LogP contribution is 2.33. The first kappa shape index (κ1) is 13.6. The van der Waals surface area contributed by atoms with Crippen LogP contribution < -0.4 is 0 Å². The molecule has 0 bridgehead atoms. The summed E-state index contributed by atoms with van der Waals surface area (Å²) < 4.78 is 0. The molecule has 2 heteroatoms. The van der Waals surface area contributed by atoms with Crippen LogP contribution in [0.1, 0.15) is 18.4 Å². The zero-order valence-electron chi connectivity index (χ0n) is 13.0. The molecular formula is C20H22N2. The Bertz CT molecular complexity index is 773. The minimum absolute atomic E-state index is 0.668. The van der Waals surface area contributed by atoms with Gasteiger partial charge in [0.1, 0.15) is 0 Å². The Morgan fingerprint density at radius 2 is 1.82 bits per heavy atom. The second kappa shape index (κ2) is 5.62. The standard InChI is InChI=1S/C20H22N2/c1-22-13-7-10-16(22)14-18-17-11-5-6-12-19(17)21-20(18)15-8-3-2-4-9-15/h2-6,8-9,11-12,16,21H,7,10,13-14H2,1H3/t16-/m0/s1. The van der Waals surface area contributed by atoms with E-state index in [1.807, 2.05) is 0 Å². The third-order valence-electron chi connectivity index (χ3n) is 4.99. The number of para-hydroxylation sites is 1. The maximum atomic E-state index is 3.65. The molecule has 0 radical (unpaired) electrons. The van der Waals surface area contributed by atoms with Gasteiger partial charge in [0.2, 0.25) is 0 Å². The fraction of sp³-hybridized carbons (Fsp3) is 0.300. The van der Waals surface area contributed by atoms with Gasteiger partial charge in [-0.15, -0.1) is 0 Å². The lowest BCUT2D eigenvalue weighted by molar-refractivity contribution is 0.310. The van der Waals surface area contributed by atoms with Gasteiger partial charge in [-0.25, -0.2) is 0 Å². The number of likely N-dealkylation sites (tertiary alicyclic amines) is 1. The van der Waals surface area contributed by atoms with Crippen LogP contribution in [0.5, 0.6) is 0 Å². The normalized spacial score (nSPS) is 19.0. The first-order chi connectivity index (χ1) is 10.8. The summed E-state index contributed by atoms with van der Waals surface area (Å²) in [6.07, 6.45) is 3.76. The van der Waals surface area contributed by atoms with Gasteiger partial charge in [-0.3, -0.25) is 0 Å². The van der Waals surface area contributed by atoms with Gasteiger partial charge >= 0.3 is 0 Å². The quantitative estimate of drug-likeness (QED) is 0.754. The number of likely N-dealkylation sites (N-methyl/N-ethyl adjacent to an activating group) is 1. The molecule has 2 nitrogen and oxygen atoms in total. The summed E-state index contributed by atoms with van der Waals surface area (Å²) in [7, 11) is 2.26. The Balaban J connectivity index is 1.83. The third-order valence-corrected chi connectivity index (χ3v) is 4.99. The third kappa shape index (κ3) is 2.34. The minimum Gasteiger partial charge on any atom is -0.354 e. The van der Waals surface area contributed by atoms with E-state index in [4.69, 9.17) is 0 Å². The van der Waals surface area contributed by atoms with Crippen LogP contribution in [0.25, 0.3) is 22.2 Å². The summed E-state index contributed by atoms with van der Waals surface area (Å²) in [5, 5.41) is 1.38. The van der Waals surface area contributed by atoms with E-state index in [-0.39, 0.29) is 0 Å². The molecule has 0 amide bonds. The van der Waals surface area contributed by atoms with Crippen molar-refractivity contribution in [2.24, 2.45) is 0 Å². The van der Waals surface area contributed by atoms with E-state index < -0.39 is 0 Å². The number of fused-ring (bicyclic) bond motifs is 1. The first-order valence-corrected chi connectivity index (χ1v) is 8.18. The molecule has 1 aromatic heterocycles. The number of benzene rings is 2. The van der Waals surface area contributed by atoms with Crippen LogP contribution in [0.4, 0.5) is 0 Å². The number of aromatic amines is 1. The Kier molecular flexibility index (Phi) is 3.47. The van der Waals surface area contributed by atoms with E-state index in [1.54, 1.807) is 0 Å². The van der Waals surface area contributed by atoms with Gasteiger partial charge < -0.3 is 9.88 Å². The molecule has 0 unspecified atom stereocenters. The van der Waals surface area contributed by atoms with E-state index in [0.29, 0.717) is 6.04 Å². The molecule has 2 aromatic carbocycles. The summed E-state index contributed by atoms with van der Waals surface area (Å²) >= 11 is 0. The largest absolute Gasteiger partial charge is 0.354 e. The molecule has 1 aliphatic heterocycles. The van der Waals surface area contributed by atoms with Crippen molar-refractivity contribution in [1.29, 1.82) is 0 Å². The summed E-state index contributed by atoms with van der Waals surface area (Å²) in [4.78, 5) is 6.16. The molecule has 1 aliphatic rings. The SMILES string of the molecule is CN1CCC[C@H]1Cc1c(-c2ccccc2)[nH]c2ccccc12. The molecule has 0 saturated carbocycles. The lowest BCUT2D eigenvalue weighted by Gasteiger charge is -2.20. The summed E-state index contributed by atoms with van der Waals surface area (Å²) in [6, 6.07) is 20.1. The molecule has 112 valence electrons. The molecule has 0 spiro atoms. The number of aromatic nitrogens is 1. The fourth-order valence-corrected chi connectivity index (χ4v) is 3.74. The van der Waals surface area contributed by atoms with Crippen LogP contribution in [0.3, 0.4) is 0 Å². The zero-order valence-corrected chi connectivity index (χ0v) is 13.0. The fourth-order valence-electron chi connectivity index (χ4n) is 3.74. The Morgan fingerprint density at radius 1 is 1.05 bits per heavy atom. The highest BCUT2D eigenvalue weighted by atomic mass is 15.1. The van der Waals surface area contributed by atoms with Crippen molar-refractivity contribution in [2.45, 2.75) is 25.3 Å². The number of nitrogens with one attached hydrogen (secondary N) is 1. The van der Waals surface area contributed by atoms with Crippen molar-refractivity contribution in [3.05, 3.63) is 60.2 Å². The van der Waals surface area contributed by atoms with Crippen LogP contribution in [0.15, 0.2) is 54.6 Å². The van der Waals surface area contributed by atoms with Crippen molar-refractivity contribution >= 4 is 10.9 Å². The van der Waals surface area contributed by atoms with E-state index in [9.17, 15) is 0 Å². The Labute approximate surface area is 131 Å². The number of nitrogens with zero attached hydrogens (tertiary/aromatic N) is 1. The maximum absolute atomic E-state index is 3.65. The Morgan fingerprint density at radius 3 is 2.59 bits per heavy atom. The summed E-state index contributed by atoms with van der Waals surface area (Å²) in [6.45, 7) is 1.23. The molecule has 1 saturated heterocycles. The van der Waals surface area contributed by atoms with Crippen LogP contribution in [0.2, 0.25) is 0 Å². The van der Waals surface area contributed by atoms with Crippen molar-refractivity contribution in [1.82, 2.24) is 9.88 Å². The molecule has 2 heterocycles. The predicted octanol–water partition coefficient (Wildman–Crippen LogP) is 4.47. The molecule has 22 heavy (non-hydrogen) atoms. The summed E-state index contributed by atoms with van der Waals surface area (Å²) in [5.74, 6) is 0. The number of hydrogen-bond donors (Lipinski definition) is 1. The Hall–Kier alpha value is -2.06. The molecule has 1 N–H and O–H groups in total. The molecule has 0 aliphatic carbocycles. The highest BCUT2D eigenvalue weighted by molar-refractivity contribution is 5.90. The lowest BCUT2D eigenvalue weighted by Crippen LogP contribution is -2.26. The molecule has 3 aromatic rings.